The van der Waals surface area contributed by atoms with Gasteiger partial charge in [0.15, 0.2) is 0 Å². The lowest BCUT2D eigenvalue weighted by atomic mass is 9.74. The number of carboxylic acid groups (broad SMARTS) is 1. The minimum absolute atomic E-state index is 0.0649. The third kappa shape index (κ3) is 4.35. The molecular formula is C16H28N2O4. The molecule has 2 rings (SSSR count). The molecule has 1 saturated carbocycles. The number of ether oxygens (including phenoxy) is 1. The van der Waals surface area contributed by atoms with Crippen LogP contribution in [0.1, 0.15) is 44.9 Å². The van der Waals surface area contributed by atoms with Crippen molar-refractivity contribution in [3.8, 4) is 0 Å². The summed E-state index contributed by atoms with van der Waals surface area (Å²) in [5, 5.41) is 12.0. The Bertz CT molecular complexity index is 380. The maximum Gasteiger partial charge on any atom is 0.317 e. The number of carbonyl (C=O) groups is 2. The Labute approximate surface area is 132 Å². The van der Waals surface area contributed by atoms with Crippen molar-refractivity contribution in [3.05, 3.63) is 0 Å². The molecule has 0 aromatic rings. The molecule has 0 unspecified atom stereocenters. The molecule has 2 aliphatic rings. The van der Waals surface area contributed by atoms with Gasteiger partial charge in [0.2, 0.25) is 0 Å². The van der Waals surface area contributed by atoms with Crippen LogP contribution in [0.4, 0.5) is 4.79 Å². The van der Waals surface area contributed by atoms with Gasteiger partial charge in [0, 0.05) is 32.2 Å². The molecule has 6 heteroatoms. The van der Waals surface area contributed by atoms with E-state index in [9.17, 15) is 9.59 Å². The van der Waals surface area contributed by atoms with E-state index in [4.69, 9.17) is 9.84 Å². The third-order valence-electron chi connectivity index (χ3n) is 5.11. The van der Waals surface area contributed by atoms with Crippen LogP contribution < -0.4 is 5.32 Å². The van der Waals surface area contributed by atoms with E-state index in [0.29, 0.717) is 39.1 Å². The average molecular weight is 312 g/mol. The Morgan fingerprint density at radius 3 is 2.41 bits per heavy atom. The Kier molecular flexibility index (Phi) is 6.06. The van der Waals surface area contributed by atoms with Gasteiger partial charge in [0.05, 0.1) is 12.5 Å². The molecule has 1 saturated heterocycles. The highest BCUT2D eigenvalue weighted by Crippen LogP contribution is 2.36. The highest BCUT2D eigenvalue weighted by atomic mass is 16.5. The first-order chi connectivity index (χ1) is 10.6. The summed E-state index contributed by atoms with van der Waals surface area (Å²) < 4.78 is 5.37. The van der Waals surface area contributed by atoms with Crippen molar-refractivity contribution in [1.29, 1.82) is 0 Å². The van der Waals surface area contributed by atoms with Crippen LogP contribution in [0.5, 0.6) is 0 Å². The number of amides is 2. The summed E-state index contributed by atoms with van der Waals surface area (Å²) in [5.74, 6) is -1.05. The molecule has 1 aliphatic carbocycles. The zero-order valence-electron chi connectivity index (χ0n) is 13.5. The number of methoxy groups -OCH3 is 1. The second-order valence-corrected chi connectivity index (χ2v) is 6.75. The van der Waals surface area contributed by atoms with Gasteiger partial charge in [-0.05, 0) is 25.7 Å². The second-order valence-electron chi connectivity index (χ2n) is 6.75. The number of urea groups is 1. The molecule has 2 fully saturated rings. The fraction of sp³-hybridized carbons (Fsp3) is 0.875. The van der Waals surface area contributed by atoms with Crippen LogP contribution in [-0.2, 0) is 9.53 Å². The fourth-order valence-corrected chi connectivity index (χ4v) is 3.68. The molecule has 126 valence electrons. The zero-order chi connectivity index (χ0) is 16.0. The predicted octanol–water partition coefficient (Wildman–Crippen LogP) is 2.09. The lowest BCUT2D eigenvalue weighted by molar-refractivity contribution is -0.143. The van der Waals surface area contributed by atoms with Crippen molar-refractivity contribution in [2.45, 2.75) is 44.9 Å². The molecule has 0 aromatic carbocycles. The summed E-state index contributed by atoms with van der Waals surface area (Å²) in [7, 11) is 1.72. The van der Waals surface area contributed by atoms with Gasteiger partial charge in [-0.3, -0.25) is 4.79 Å². The number of hydrogen-bond donors (Lipinski definition) is 2. The first-order valence-electron chi connectivity index (χ1n) is 8.31. The normalized spacial score (nSPS) is 22.3. The standard InChI is InChI=1S/C16H28N2O4/c1-22-12-16(7-3-2-4-8-16)11-17-15(21)18-9-5-13(6-10-18)14(19)20/h13H,2-12H2,1H3,(H,17,21)(H,19,20). The van der Waals surface area contributed by atoms with Crippen LogP contribution >= 0.6 is 0 Å². The van der Waals surface area contributed by atoms with Gasteiger partial charge in [0.25, 0.3) is 0 Å². The van der Waals surface area contributed by atoms with E-state index in [1.54, 1.807) is 12.0 Å². The van der Waals surface area contributed by atoms with Gasteiger partial charge in [-0.1, -0.05) is 19.3 Å². The summed E-state index contributed by atoms with van der Waals surface area (Å²) >= 11 is 0. The molecule has 2 amide bonds. The minimum Gasteiger partial charge on any atom is -0.481 e. The van der Waals surface area contributed by atoms with E-state index in [0.717, 1.165) is 12.8 Å². The Balaban J connectivity index is 1.80. The van der Waals surface area contributed by atoms with Crippen molar-refractivity contribution < 1.29 is 19.4 Å². The first kappa shape index (κ1) is 17.1. The molecule has 0 radical (unpaired) electrons. The zero-order valence-corrected chi connectivity index (χ0v) is 13.5. The number of likely N-dealkylation sites (tertiary alicyclic amines) is 1. The van der Waals surface area contributed by atoms with Crippen molar-refractivity contribution in [2.75, 3.05) is 33.4 Å². The summed E-state index contributed by atoms with van der Waals surface area (Å²) in [4.78, 5) is 25.0. The third-order valence-corrected chi connectivity index (χ3v) is 5.11. The van der Waals surface area contributed by atoms with Crippen molar-refractivity contribution in [3.63, 3.8) is 0 Å². The number of aliphatic carboxylic acids is 1. The van der Waals surface area contributed by atoms with Crippen LogP contribution in [0, 0.1) is 11.3 Å². The molecule has 0 bridgehead atoms. The van der Waals surface area contributed by atoms with Crippen LogP contribution in [0.15, 0.2) is 0 Å². The number of rotatable bonds is 5. The molecular weight excluding hydrogens is 284 g/mol. The molecule has 0 atom stereocenters. The van der Waals surface area contributed by atoms with Gasteiger partial charge in [-0.25, -0.2) is 4.79 Å². The molecule has 1 heterocycles. The van der Waals surface area contributed by atoms with E-state index in [2.05, 4.69) is 5.32 Å². The number of nitrogens with one attached hydrogen (secondary N) is 1. The molecule has 0 spiro atoms. The van der Waals surface area contributed by atoms with Crippen LogP contribution in [0.2, 0.25) is 0 Å². The summed E-state index contributed by atoms with van der Waals surface area (Å²) in [5.41, 5.74) is 0.0715. The molecule has 22 heavy (non-hydrogen) atoms. The molecule has 0 aromatic heterocycles. The summed E-state index contributed by atoms with van der Waals surface area (Å²) in [6.07, 6.45) is 6.96. The predicted molar refractivity (Wildman–Crippen MR) is 82.7 cm³/mol. The lowest BCUT2D eigenvalue weighted by Gasteiger charge is -2.38. The van der Waals surface area contributed by atoms with Crippen LogP contribution in [0.3, 0.4) is 0 Å². The summed E-state index contributed by atoms with van der Waals surface area (Å²) in [6, 6.07) is -0.0649. The highest BCUT2D eigenvalue weighted by Gasteiger charge is 2.33. The van der Waals surface area contributed by atoms with Gasteiger partial charge in [0.1, 0.15) is 0 Å². The number of carboxylic acids is 1. The number of piperidine rings is 1. The first-order valence-corrected chi connectivity index (χ1v) is 8.31. The maximum atomic E-state index is 12.3. The minimum atomic E-state index is -0.749. The number of nitrogens with zero attached hydrogens (tertiary/aromatic N) is 1. The summed E-state index contributed by atoms with van der Waals surface area (Å²) in [6.45, 7) is 2.40. The molecule has 6 nitrogen and oxygen atoms in total. The van der Waals surface area contributed by atoms with E-state index in [-0.39, 0.29) is 17.4 Å². The number of hydrogen-bond acceptors (Lipinski definition) is 3. The number of carbonyl (C=O) groups excluding carboxylic acids is 1. The Hall–Kier alpha value is -1.30. The smallest absolute Gasteiger partial charge is 0.317 e. The molecule has 2 N–H and O–H groups in total. The maximum absolute atomic E-state index is 12.3. The van der Waals surface area contributed by atoms with E-state index >= 15 is 0 Å². The monoisotopic (exact) mass is 312 g/mol. The Morgan fingerprint density at radius 1 is 1.23 bits per heavy atom. The van der Waals surface area contributed by atoms with Crippen molar-refractivity contribution in [1.82, 2.24) is 10.2 Å². The highest BCUT2D eigenvalue weighted by molar-refractivity contribution is 5.75. The van der Waals surface area contributed by atoms with Crippen LogP contribution in [-0.4, -0.2) is 55.4 Å². The van der Waals surface area contributed by atoms with Gasteiger partial charge < -0.3 is 20.1 Å². The topological polar surface area (TPSA) is 78.9 Å². The van der Waals surface area contributed by atoms with Crippen molar-refractivity contribution in [2.24, 2.45) is 11.3 Å². The van der Waals surface area contributed by atoms with Gasteiger partial charge >= 0.3 is 12.0 Å². The average Bonchev–Trinajstić information content (AvgIpc) is 2.54. The largest absolute Gasteiger partial charge is 0.481 e. The van der Waals surface area contributed by atoms with E-state index in [1.165, 1.54) is 19.3 Å². The van der Waals surface area contributed by atoms with Gasteiger partial charge in [-0.2, -0.15) is 0 Å². The Morgan fingerprint density at radius 2 is 1.86 bits per heavy atom. The van der Waals surface area contributed by atoms with Crippen molar-refractivity contribution >= 4 is 12.0 Å². The van der Waals surface area contributed by atoms with E-state index < -0.39 is 5.97 Å². The fourth-order valence-electron chi connectivity index (χ4n) is 3.68. The SMILES string of the molecule is COCC1(CNC(=O)N2CCC(C(=O)O)CC2)CCCCC1. The molecule has 1 aliphatic heterocycles. The quantitative estimate of drug-likeness (QED) is 0.815. The van der Waals surface area contributed by atoms with E-state index in [1.807, 2.05) is 0 Å². The lowest BCUT2D eigenvalue weighted by Crippen LogP contribution is -2.49. The van der Waals surface area contributed by atoms with Crippen LogP contribution in [0.25, 0.3) is 0 Å². The van der Waals surface area contributed by atoms with Gasteiger partial charge in [-0.15, -0.1) is 0 Å². The second kappa shape index (κ2) is 7.81.